The van der Waals surface area contributed by atoms with E-state index in [1.165, 1.54) is 5.01 Å². The molecule has 2 aromatic carbocycles. The van der Waals surface area contributed by atoms with Crippen LogP contribution < -0.4 is 15.5 Å². The Morgan fingerprint density at radius 1 is 1.10 bits per heavy atom. The number of benzene rings is 2. The van der Waals surface area contributed by atoms with Gasteiger partial charge in [0.05, 0.1) is 0 Å². The molecule has 0 bridgehead atoms. The van der Waals surface area contributed by atoms with Crippen LogP contribution in [0.15, 0.2) is 65.4 Å². The molecule has 2 fully saturated rings. The first-order chi connectivity index (χ1) is 18.7. The number of amides is 2. The number of hydrazone groups is 1. The Bertz CT molecular complexity index is 1220. The molecule has 1 saturated heterocycles. The maximum atomic E-state index is 14.0. The van der Waals surface area contributed by atoms with Gasteiger partial charge in [-0.3, -0.25) is 14.6 Å². The van der Waals surface area contributed by atoms with E-state index in [0.29, 0.717) is 16.4 Å². The van der Waals surface area contributed by atoms with Gasteiger partial charge in [-0.1, -0.05) is 42.8 Å². The minimum atomic E-state index is -0.865. The molecule has 1 aliphatic heterocycles. The number of rotatable bonds is 10. The topological polar surface area (TPSA) is 80.3 Å². The average Bonchev–Trinajstić information content (AvgIpc) is 3.68. The highest BCUT2D eigenvalue weighted by molar-refractivity contribution is 6.31. The van der Waals surface area contributed by atoms with Crippen molar-refractivity contribution in [2.75, 3.05) is 50.5 Å². The Kier molecular flexibility index (Phi) is 8.97. The number of likely N-dealkylation sites (N-methyl/N-ethyl adjacent to an activating group) is 2. The van der Waals surface area contributed by atoms with Gasteiger partial charge in [0.15, 0.2) is 0 Å². The van der Waals surface area contributed by atoms with Crippen molar-refractivity contribution in [3.63, 3.8) is 0 Å². The highest BCUT2D eigenvalue weighted by atomic mass is 35.5. The summed E-state index contributed by atoms with van der Waals surface area (Å²) in [5.41, 5.74) is 2.78. The molecule has 1 unspecified atom stereocenters. The first kappa shape index (κ1) is 28.6. The third kappa shape index (κ3) is 6.62. The smallest absolute Gasteiger partial charge is 0.269 e. The number of carbonyl (C=O) groups is 2. The van der Waals surface area contributed by atoms with Crippen molar-refractivity contribution in [1.29, 1.82) is 0 Å². The van der Waals surface area contributed by atoms with Crippen LogP contribution in [0.4, 0.5) is 11.4 Å². The highest BCUT2D eigenvalue weighted by Crippen LogP contribution is 2.58. The third-order valence-corrected chi connectivity index (χ3v) is 8.35. The summed E-state index contributed by atoms with van der Waals surface area (Å²) in [6, 6.07) is 14.6. The second-order valence-corrected chi connectivity index (χ2v) is 11.2. The predicted octanol–water partition coefficient (Wildman–Crippen LogP) is 4.55. The zero-order valence-electron chi connectivity index (χ0n) is 23.3. The largest absolute Gasteiger partial charge is 0.369 e. The van der Waals surface area contributed by atoms with E-state index in [2.05, 4.69) is 46.2 Å². The molecular weight excluding hydrogens is 512 g/mol. The number of hydrogen-bond donors (Lipinski definition) is 2. The molecule has 0 radical (unpaired) electrons. The molecule has 2 aromatic rings. The van der Waals surface area contributed by atoms with Crippen molar-refractivity contribution in [3.8, 4) is 0 Å². The van der Waals surface area contributed by atoms with Crippen LogP contribution in [0.1, 0.15) is 38.2 Å². The number of nitrogens with zero attached hydrogens (tertiary/aromatic N) is 4. The summed E-state index contributed by atoms with van der Waals surface area (Å²) < 4.78 is 0. The molecular formula is C30H39ClN6O2. The van der Waals surface area contributed by atoms with Crippen LogP contribution in [0.25, 0.3) is 0 Å². The van der Waals surface area contributed by atoms with E-state index < -0.39 is 11.9 Å². The third-order valence-electron chi connectivity index (χ3n) is 8.00. The Morgan fingerprint density at radius 3 is 2.31 bits per heavy atom. The van der Waals surface area contributed by atoms with Gasteiger partial charge < -0.3 is 20.4 Å². The van der Waals surface area contributed by atoms with Crippen molar-refractivity contribution in [2.45, 2.75) is 38.6 Å². The quantitative estimate of drug-likeness (QED) is 0.258. The van der Waals surface area contributed by atoms with Crippen molar-refractivity contribution >= 4 is 41.5 Å². The molecule has 4 rings (SSSR count). The fraction of sp³-hybridized carbons (Fsp3) is 0.433. The Morgan fingerprint density at radius 2 is 1.74 bits per heavy atom. The van der Waals surface area contributed by atoms with E-state index in [0.717, 1.165) is 50.3 Å². The summed E-state index contributed by atoms with van der Waals surface area (Å²) in [6.45, 7) is 11.4. The summed E-state index contributed by atoms with van der Waals surface area (Å²) in [7, 11) is 3.78. The molecule has 1 aliphatic carbocycles. The molecule has 2 amide bonds. The summed E-state index contributed by atoms with van der Waals surface area (Å²) in [4.78, 5) is 32.1. The first-order valence-electron chi connectivity index (χ1n) is 13.4. The maximum Gasteiger partial charge on any atom is 0.269 e. The van der Waals surface area contributed by atoms with Gasteiger partial charge in [0, 0.05) is 62.3 Å². The van der Waals surface area contributed by atoms with E-state index in [9.17, 15) is 9.59 Å². The lowest BCUT2D eigenvalue weighted by molar-refractivity contribution is -0.126. The van der Waals surface area contributed by atoms with Gasteiger partial charge in [0.25, 0.3) is 5.91 Å². The Hall–Kier alpha value is -3.36. The van der Waals surface area contributed by atoms with Gasteiger partial charge in [0.1, 0.15) is 11.7 Å². The van der Waals surface area contributed by atoms with E-state index in [1.54, 1.807) is 20.0 Å². The van der Waals surface area contributed by atoms with E-state index in [1.807, 2.05) is 48.5 Å². The van der Waals surface area contributed by atoms with Crippen LogP contribution in [0.5, 0.6) is 0 Å². The number of allylic oxidation sites excluding steroid dienone is 1. The molecule has 39 heavy (non-hydrogen) atoms. The lowest BCUT2D eigenvalue weighted by Gasteiger charge is -2.34. The van der Waals surface area contributed by atoms with Crippen LogP contribution in [0, 0.1) is 5.41 Å². The Labute approximate surface area is 236 Å². The molecule has 2 N–H and O–H groups in total. The summed E-state index contributed by atoms with van der Waals surface area (Å²) >= 11 is 6.67. The molecule has 1 saturated carbocycles. The monoisotopic (exact) mass is 550 g/mol. The van der Waals surface area contributed by atoms with E-state index in [4.69, 9.17) is 11.6 Å². The van der Waals surface area contributed by atoms with E-state index >= 15 is 0 Å². The van der Waals surface area contributed by atoms with E-state index in [-0.39, 0.29) is 17.2 Å². The van der Waals surface area contributed by atoms with Crippen molar-refractivity contribution in [3.05, 3.63) is 70.9 Å². The highest BCUT2D eigenvalue weighted by Gasteiger charge is 2.51. The molecule has 1 heterocycles. The standard InChI is InChI=1S/C30H39ClN6O2/c1-6-25(36(5)32-3)28(38)34-27(26(30(2)15-16-30)23-9-7-8-10-24(23)31)29(39)33-21-11-13-22(14-12-21)37-19-17-35(4)18-20-37/h6-14,26-27H,3,15-20H2,1-2,4-5H3,(H,33,39)(H,34,38)/b25-6-/t26?,27-/m0/s1. The van der Waals surface area contributed by atoms with Crippen LogP contribution in [-0.4, -0.2) is 74.8 Å². The zero-order valence-corrected chi connectivity index (χ0v) is 24.0. The summed E-state index contributed by atoms with van der Waals surface area (Å²) in [5.74, 6) is -1.02. The fourth-order valence-electron chi connectivity index (χ4n) is 5.29. The predicted molar refractivity (Wildman–Crippen MR) is 159 cm³/mol. The number of carbonyl (C=O) groups excluding carboxylic acids is 2. The molecule has 2 aliphatic rings. The summed E-state index contributed by atoms with van der Waals surface area (Å²) in [6.07, 6.45) is 3.53. The van der Waals surface area contributed by atoms with Gasteiger partial charge in [-0.15, -0.1) is 0 Å². The van der Waals surface area contributed by atoms with Crippen molar-refractivity contribution in [1.82, 2.24) is 15.2 Å². The SMILES string of the molecule is C=NN(C)/C(=C\C)C(=O)N[C@H](C(=O)Nc1ccc(N2CCN(C)CC2)cc1)C(c1ccccc1Cl)C1(C)CC1. The molecule has 9 heteroatoms. The first-order valence-corrected chi connectivity index (χ1v) is 13.8. The molecule has 2 atom stereocenters. The molecule has 8 nitrogen and oxygen atoms in total. The number of nitrogens with one attached hydrogen (secondary N) is 2. The summed E-state index contributed by atoms with van der Waals surface area (Å²) in [5, 5.41) is 11.9. The number of piperazine rings is 1. The van der Waals surface area contributed by atoms with Crippen molar-refractivity contribution < 1.29 is 9.59 Å². The normalized spacial score (nSPS) is 18.6. The average molecular weight is 551 g/mol. The Balaban J connectivity index is 1.62. The second-order valence-electron chi connectivity index (χ2n) is 10.8. The lowest BCUT2D eigenvalue weighted by atomic mass is 9.78. The van der Waals surface area contributed by atoms with Gasteiger partial charge in [-0.05, 0) is 68.1 Å². The number of halogens is 1. The van der Waals surface area contributed by atoms with Crippen LogP contribution in [-0.2, 0) is 9.59 Å². The van der Waals surface area contributed by atoms with Gasteiger partial charge in [-0.2, -0.15) is 5.10 Å². The number of hydrogen-bond acceptors (Lipinski definition) is 6. The fourth-order valence-corrected chi connectivity index (χ4v) is 5.54. The van der Waals surface area contributed by atoms with Gasteiger partial charge in [0.2, 0.25) is 5.91 Å². The maximum absolute atomic E-state index is 14.0. The second kappa shape index (κ2) is 12.2. The minimum absolute atomic E-state index is 0.176. The molecule has 208 valence electrons. The van der Waals surface area contributed by atoms with Crippen LogP contribution in [0.3, 0.4) is 0 Å². The number of anilines is 2. The van der Waals surface area contributed by atoms with Crippen LogP contribution >= 0.6 is 11.6 Å². The molecule has 0 spiro atoms. The van der Waals surface area contributed by atoms with Gasteiger partial charge in [-0.25, -0.2) is 0 Å². The van der Waals surface area contributed by atoms with Crippen molar-refractivity contribution in [2.24, 2.45) is 10.5 Å². The zero-order chi connectivity index (χ0) is 28.2. The van der Waals surface area contributed by atoms with Crippen LogP contribution in [0.2, 0.25) is 5.02 Å². The minimum Gasteiger partial charge on any atom is -0.369 e. The molecule has 0 aromatic heterocycles. The lowest BCUT2D eigenvalue weighted by Crippen LogP contribution is -2.51. The van der Waals surface area contributed by atoms with Gasteiger partial charge >= 0.3 is 0 Å².